The summed E-state index contributed by atoms with van der Waals surface area (Å²) in [5, 5.41) is 12.3. The van der Waals surface area contributed by atoms with Crippen LogP contribution < -0.4 is 19.7 Å². The number of nitrogens with zero attached hydrogens (tertiary/aromatic N) is 2. The van der Waals surface area contributed by atoms with E-state index in [2.05, 4.69) is 17.9 Å². The molecule has 0 radical (unpaired) electrons. The fraction of sp³-hybridized carbons (Fsp3) is 0.238. The summed E-state index contributed by atoms with van der Waals surface area (Å²) < 4.78 is 24.6. The Labute approximate surface area is 173 Å². The van der Waals surface area contributed by atoms with Crippen LogP contribution in [-0.4, -0.2) is 19.1 Å². The average Bonchev–Trinajstić information content (AvgIpc) is 2.69. The first-order chi connectivity index (χ1) is 13.8. The lowest BCUT2D eigenvalue weighted by atomic mass is 10.1. The SMILES string of the molecule is COc1cc([C@H]2NC(=O)C(C#N)=C(S)N2c2ccc(F)cc2)ccc1OC(C)C. The number of thiol groups is 1. The second-order valence-electron chi connectivity index (χ2n) is 6.61. The van der Waals surface area contributed by atoms with Crippen LogP contribution in [0.2, 0.25) is 0 Å². The number of methoxy groups -OCH3 is 1. The molecule has 1 N–H and O–H groups in total. The van der Waals surface area contributed by atoms with Gasteiger partial charge in [0.15, 0.2) is 11.5 Å². The van der Waals surface area contributed by atoms with Crippen LogP contribution in [0.25, 0.3) is 0 Å². The predicted molar refractivity (Wildman–Crippen MR) is 110 cm³/mol. The Hall–Kier alpha value is -3.18. The molecule has 0 saturated heterocycles. The molecule has 2 aromatic carbocycles. The number of rotatable bonds is 5. The Morgan fingerprint density at radius 2 is 1.90 bits per heavy atom. The van der Waals surface area contributed by atoms with Gasteiger partial charge in [0.2, 0.25) is 0 Å². The first kappa shape index (κ1) is 20.6. The maximum absolute atomic E-state index is 13.4. The summed E-state index contributed by atoms with van der Waals surface area (Å²) in [6, 6.07) is 12.9. The number of nitriles is 1. The van der Waals surface area contributed by atoms with Crippen LogP contribution in [-0.2, 0) is 4.79 Å². The maximum Gasteiger partial charge on any atom is 0.266 e. The van der Waals surface area contributed by atoms with Gasteiger partial charge in [-0.2, -0.15) is 5.26 Å². The van der Waals surface area contributed by atoms with E-state index >= 15 is 0 Å². The Kier molecular flexibility index (Phi) is 5.99. The van der Waals surface area contributed by atoms with E-state index in [0.29, 0.717) is 22.7 Å². The molecule has 8 heteroatoms. The molecule has 3 rings (SSSR count). The quantitative estimate of drug-likeness (QED) is 0.727. The molecule has 0 aliphatic carbocycles. The smallest absolute Gasteiger partial charge is 0.266 e. The number of carbonyl (C=O) groups excluding carboxylic acids is 1. The Balaban J connectivity index is 2.11. The van der Waals surface area contributed by atoms with Gasteiger partial charge < -0.3 is 19.7 Å². The topological polar surface area (TPSA) is 74.6 Å². The van der Waals surface area contributed by atoms with Crippen LogP contribution in [0.1, 0.15) is 25.6 Å². The number of halogens is 1. The minimum Gasteiger partial charge on any atom is -0.493 e. The third kappa shape index (κ3) is 4.15. The molecule has 150 valence electrons. The zero-order valence-corrected chi connectivity index (χ0v) is 17.0. The van der Waals surface area contributed by atoms with Gasteiger partial charge in [0, 0.05) is 5.69 Å². The van der Waals surface area contributed by atoms with Gasteiger partial charge >= 0.3 is 0 Å². The van der Waals surface area contributed by atoms with Gasteiger partial charge in [-0.25, -0.2) is 4.39 Å². The van der Waals surface area contributed by atoms with E-state index in [1.54, 1.807) is 35.2 Å². The highest BCUT2D eigenvalue weighted by Crippen LogP contribution is 2.38. The zero-order chi connectivity index (χ0) is 21.1. The summed E-state index contributed by atoms with van der Waals surface area (Å²) in [4.78, 5) is 14.1. The minimum atomic E-state index is -0.681. The molecular formula is C21H20FN3O3S. The minimum absolute atomic E-state index is 0.0370. The van der Waals surface area contributed by atoms with Crippen molar-refractivity contribution >= 4 is 24.2 Å². The van der Waals surface area contributed by atoms with Gasteiger partial charge in [0.25, 0.3) is 5.91 Å². The maximum atomic E-state index is 13.4. The Bertz CT molecular complexity index is 999. The summed E-state index contributed by atoms with van der Waals surface area (Å²) >= 11 is 4.42. The predicted octanol–water partition coefficient (Wildman–Crippen LogP) is 3.92. The first-order valence-electron chi connectivity index (χ1n) is 8.89. The number of carbonyl (C=O) groups is 1. The number of hydrogen-bond acceptors (Lipinski definition) is 6. The molecular weight excluding hydrogens is 393 g/mol. The third-order valence-corrected chi connectivity index (χ3v) is 4.73. The van der Waals surface area contributed by atoms with E-state index < -0.39 is 17.9 Å². The van der Waals surface area contributed by atoms with Crippen molar-refractivity contribution in [2.45, 2.75) is 26.1 Å². The molecule has 0 spiro atoms. The fourth-order valence-electron chi connectivity index (χ4n) is 3.02. The van der Waals surface area contributed by atoms with E-state index in [1.165, 1.54) is 19.2 Å². The number of nitrogens with one attached hydrogen (secondary N) is 1. The third-order valence-electron chi connectivity index (χ3n) is 4.29. The molecule has 0 fully saturated rings. The van der Waals surface area contributed by atoms with Crippen LogP contribution in [0.5, 0.6) is 11.5 Å². The van der Waals surface area contributed by atoms with Gasteiger partial charge in [-0.1, -0.05) is 6.07 Å². The van der Waals surface area contributed by atoms with E-state index in [9.17, 15) is 14.4 Å². The highest BCUT2D eigenvalue weighted by Gasteiger charge is 2.34. The largest absolute Gasteiger partial charge is 0.493 e. The standard InChI is InChI=1S/C21H20FN3O3S/c1-12(2)28-17-9-4-13(10-18(17)27-3)19-24-20(26)16(11-23)21(29)25(19)15-7-5-14(22)6-8-15/h4-10,12,19,29H,1-3H3,(H,24,26)/t19-/m0/s1. The van der Waals surface area contributed by atoms with Crippen molar-refractivity contribution in [3.8, 4) is 17.6 Å². The van der Waals surface area contributed by atoms with Crippen molar-refractivity contribution in [2.24, 2.45) is 0 Å². The van der Waals surface area contributed by atoms with Crippen LogP contribution in [0, 0.1) is 17.1 Å². The number of hydrogen-bond donors (Lipinski definition) is 2. The summed E-state index contributed by atoms with van der Waals surface area (Å²) in [7, 11) is 1.53. The lowest BCUT2D eigenvalue weighted by Gasteiger charge is -2.38. The van der Waals surface area contributed by atoms with Crippen LogP contribution in [0.4, 0.5) is 10.1 Å². The lowest BCUT2D eigenvalue weighted by Crippen LogP contribution is -2.46. The summed E-state index contributed by atoms with van der Waals surface area (Å²) in [5.41, 5.74) is 1.12. The van der Waals surface area contributed by atoms with Crippen molar-refractivity contribution in [3.05, 3.63) is 64.4 Å². The van der Waals surface area contributed by atoms with Gasteiger partial charge in [-0.15, -0.1) is 12.6 Å². The lowest BCUT2D eigenvalue weighted by molar-refractivity contribution is -0.118. The van der Waals surface area contributed by atoms with E-state index in [1.807, 2.05) is 19.9 Å². The summed E-state index contributed by atoms with van der Waals surface area (Å²) in [6.45, 7) is 3.82. The monoisotopic (exact) mass is 413 g/mol. The second kappa shape index (κ2) is 8.45. The Morgan fingerprint density at radius 3 is 2.48 bits per heavy atom. The first-order valence-corrected chi connectivity index (χ1v) is 9.34. The highest BCUT2D eigenvalue weighted by atomic mass is 32.1. The molecule has 1 heterocycles. The summed E-state index contributed by atoms with van der Waals surface area (Å²) in [6.07, 6.45) is -0.718. The van der Waals surface area contributed by atoms with Crippen molar-refractivity contribution in [1.29, 1.82) is 5.26 Å². The average molecular weight is 413 g/mol. The highest BCUT2D eigenvalue weighted by molar-refractivity contribution is 7.84. The molecule has 0 aromatic heterocycles. The van der Waals surface area contributed by atoms with Gasteiger partial charge in [-0.05, 0) is 55.8 Å². The fourth-order valence-corrected chi connectivity index (χ4v) is 3.40. The van der Waals surface area contributed by atoms with E-state index in [0.717, 1.165) is 0 Å². The van der Waals surface area contributed by atoms with Gasteiger partial charge in [0.05, 0.1) is 18.2 Å². The Morgan fingerprint density at radius 1 is 1.21 bits per heavy atom. The van der Waals surface area contributed by atoms with Crippen LogP contribution in [0.15, 0.2) is 53.1 Å². The van der Waals surface area contributed by atoms with E-state index in [-0.39, 0.29) is 16.7 Å². The van der Waals surface area contributed by atoms with Crippen LogP contribution in [0.3, 0.4) is 0 Å². The van der Waals surface area contributed by atoms with Crippen molar-refractivity contribution in [1.82, 2.24) is 5.32 Å². The van der Waals surface area contributed by atoms with Gasteiger partial charge in [-0.3, -0.25) is 4.79 Å². The molecule has 6 nitrogen and oxygen atoms in total. The molecule has 0 saturated carbocycles. The van der Waals surface area contributed by atoms with Crippen molar-refractivity contribution in [2.75, 3.05) is 12.0 Å². The van der Waals surface area contributed by atoms with Crippen molar-refractivity contribution < 1.29 is 18.7 Å². The molecule has 2 aromatic rings. The summed E-state index contributed by atoms with van der Waals surface area (Å²) in [5.74, 6) is 0.136. The number of amides is 1. The molecule has 0 unspecified atom stereocenters. The number of benzene rings is 2. The zero-order valence-electron chi connectivity index (χ0n) is 16.1. The number of anilines is 1. The number of ether oxygens (including phenoxy) is 2. The van der Waals surface area contributed by atoms with Gasteiger partial charge in [0.1, 0.15) is 23.6 Å². The van der Waals surface area contributed by atoms with E-state index in [4.69, 9.17) is 9.47 Å². The molecule has 1 amide bonds. The van der Waals surface area contributed by atoms with Crippen LogP contribution >= 0.6 is 12.6 Å². The molecule has 29 heavy (non-hydrogen) atoms. The molecule has 1 atom stereocenters. The van der Waals surface area contributed by atoms with Crippen molar-refractivity contribution in [3.63, 3.8) is 0 Å². The second-order valence-corrected chi connectivity index (χ2v) is 7.03. The normalized spacial score (nSPS) is 16.5. The molecule has 1 aliphatic heterocycles. The molecule has 0 bridgehead atoms. The molecule has 1 aliphatic rings.